The fourth-order valence-electron chi connectivity index (χ4n) is 3.10. The van der Waals surface area contributed by atoms with E-state index < -0.39 is 0 Å². The Balaban J connectivity index is 1.52. The second-order valence-corrected chi connectivity index (χ2v) is 6.57. The number of methoxy groups -OCH3 is 1. The van der Waals surface area contributed by atoms with Gasteiger partial charge in [-0.2, -0.15) is 0 Å². The van der Waals surface area contributed by atoms with Gasteiger partial charge in [-0.25, -0.2) is 4.98 Å². The van der Waals surface area contributed by atoms with Crippen molar-refractivity contribution >= 4 is 16.8 Å². The summed E-state index contributed by atoms with van der Waals surface area (Å²) in [7, 11) is 1.64. The predicted octanol–water partition coefficient (Wildman–Crippen LogP) is 3.06. The molecular formula is C21H21N5O2. The summed E-state index contributed by atoms with van der Waals surface area (Å²) in [6.07, 6.45) is 5.46. The molecule has 0 bridgehead atoms. The number of H-pyrrole nitrogens is 1. The summed E-state index contributed by atoms with van der Waals surface area (Å²) < 4.78 is 7.37. The highest BCUT2D eigenvalue weighted by molar-refractivity contribution is 5.87. The van der Waals surface area contributed by atoms with Crippen LogP contribution in [0.4, 0.5) is 0 Å². The van der Waals surface area contributed by atoms with Crippen molar-refractivity contribution in [2.75, 3.05) is 7.11 Å². The Bertz CT molecular complexity index is 1120. The van der Waals surface area contributed by atoms with Crippen molar-refractivity contribution in [1.82, 2.24) is 24.8 Å². The van der Waals surface area contributed by atoms with E-state index in [4.69, 9.17) is 4.74 Å². The van der Waals surface area contributed by atoms with Gasteiger partial charge in [-0.3, -0.25) is 9.78 Å². The van der Waals surface area contributed by atoms with Gasteiger partial charge in [0, 0.05) is 35.1 Å². The Kier molecular flexibility index (Phi) is 4.80. The van der Waals surface area contributed by atoms with Crippen LogP contribution in [0, 0.1) is 6.92 Å². The summed E-state index contributed by atoms with van der Waals surface area (Å²) in [5.41, 5.74) is 3.58. The van der Waals surface area contributed by atoms with Crippen molar-refractivity contribution in [3.05, 3.63) is 66.5 Å². The molecule has 28 heavy (non-hydrogen) atoms. The molecule has 0 spiro atoms. The lowest BCUT2D eigenvalue weighted by molar-refractivity contribution is -0.121. The number of nitrogens with zero attached hydrogens (tertiary/aromatic N) is 3. The smallest absolute Gasteiger partial charge is 0.240 e. The Morgan fingerprint density at radius 3 is 2.86 bits per heavy atom. The number of rotatable bonds is 6. The van der Waals surface area contributed by atoms with Crippen LogP contribution in [0.25, 0.3) is 22.2 Å². The number of amides is 1. The van der Waals surface area contributed by atoms with Crippen molar-refractivity contribution in [3.8, 4) is 17.0 Å². The van der Waals surface area contributed by atoms with Gasteiger partial charge in [-0.15, -0.1) is 0 Å². The first-order chi connectivity index (χ1) is 13.6. The highest BCUT2D eigenvalue weighted by Gasteiger charge is 2.12. The van der Waals surface area contributed by atoms with Gasteiger partial charge in [0.2, 0.25) is 5.91 Å². The van der Waals surface area contributed by atoms with Gasteiger partial charge in [0.25, 0.3) is 0 Å². The van der Waals surface area contributed by atoms with Crippen LogP contribution in [0.2, 0.25) is 0 Å². The van der Waals surface area contributed by atoms with Gasteiger partial charge >= 0.3 is 0 Å². The van der Waals surface area contributed by atoms with Crippen LogP contribution in [0.5, 0.6) is 5.75 Å². The molecule has 0 aliphatic heterocycles. The van der Waals surface area contributed by atoms with Gasteiger partial charge in [0.05, 0.1) is 31.1 Å². The molecule has 4 rings (SSSR count). The van der Waals surface area contributed by atoms with E-state index in [9.17, 15) is 4.79 Å². The molecule has 0 aliphatic rings. The zero-order chi connectivity index (χ0) is 19.5. The quantitative estimate of drug-likeness (QED) is 0.542. The normalized spacial score (nSPS) is 10.9. The number of aryl methyl sites for hydroxylation is 1. The molecular weight excluding hydrogens is 354 g/mol. The van der Waals surface area contributed by atoms with Gasteiger partial charge < -0.3 is 19.6 Å². The largest absolute Gasteiger partial charge is 0.496 e. The van der Waals surface area contributed by atoms with Gasteiger partial charge in [-0.1, -0.05) is 6.07 Å². The second-order valence-electron chi connectivity index (χ2n) is 6.57. The Labute approximate surface area is 162 Å². The van der Waals surface area contributed by atoms with Crippen LogP contribution in [0.3, 0.4) is 0 Å². The number of fused-ring (bicyclic) bond motifs is 1. The van der Waals surface area contributed by atoms with Crippen molar-refractivity contribution in [3.63, 3.8) is 0 Å². The molecule has 7 heteroatoms. The van der Waals surface area contributed by atoms with E-state index >= 15 is 0 Å². The highest BCUT2D eigenvalue weighted by atomic mass is 16.5. The Hall–Kier alpha value is -3.61. The van der Waals surface area contributed by atoms with Crippen LogP contribution in [-0.4, -0.2) is 32.5 Å². The number of carbonyl (C=O) groups is 1. The first-order valence-corrected chi connectivity index (χ1v) is 8.99. The third-order valence-electron chi connectivity index (χ3n) is 4.51. The summed E-state index contributed by atoms with van der Waals surface area (Å²) in [4.78, 5) is 24.2. The third kappa shape index (κ3) is 3.73. The first kappa shape index (κ1) is 17.8. The third-order valence-corrected chi connectivity index (χ3v) is 4.51. The molecule has 0 saturated heterocycles. The maximum Gasteiger partial charge on any atom is 0.240 e. The number of pyridine rings is 1. The number of hydrogen-bond acceptors (Lipinski definition) is 4. The summed E-state index contributed by atoms with van der Waals surface area (Å²) in [5, 5.41) is 3.90. The number of carbonyl (C=O) groups excluding carboxylic acids is 1. The lowest BCUT2D eigenvalue weighted by Crippen LogP contribution is -2.27. The summed E-state index contributed by atoms with van der Waals surface area (Å²) >= 11 is 0. The van der Waals surface area contributed by atoms with E-state index in [0.717, 1.165) is 33.6 Å². The molecule has 4 aromatic rings. The zero-order valence-electron chi connectivity index (χ0n) is 15.8. The SMILES string of the molecule is COc1cc2nc(C)ccc2cc1-c1cnc(CNC(=O)Cn2cccc2)[nH]1. The molecule has 0 unspecified atom stereocenters. The molecule has 3 heterocycles. The number of nitrogens with one attached hydrogen (secondary N) is 2. The van der Waals surface area contributed by atoms with Crippen molar-refractivity contribution in [1.29, 1.82) is 0 Å². The van der Waals surface area contributed by atoms with Gasteiger partial charge in [0.1, 0.15) is 18.1 Å². The lowest BCUT2D eigenvalue weighted by Gasteiger charge is -2.09. The van der Waals surface area contributed by atoms with Crippen LogP contribution in [0.15, 0.2) is 55.0 Å². The molecule has 0 radical (unpaired) electrons. The van der Waals surface area contributed by atoms with E-state index in [1.54, 1.807) is 13.3 Å². The summed E-state index contributed by atoms with van der Waals surface area (Å²) in [6, 6.07) is 11.8. The number of aromatic nitrogens is 4. The topological polar surface area (TPSA) is 84.8 Å². The maximum atomic E-state index is 12.0. The molecule has 142 valence electrons. The van der Waals surface area contributed by atoms with E-state index in [1.165, 1.54) is 0 Å². The molecule has 0 atom stereocenters. The molecule has 1 amide bonds. The molecule has 7 nitrogen and oxygen atoms in total. The van der Waals surface area contributed by atoms with Crippen molar-refractivity contribution < 1.29 is 9.53 Å². The van der Waals surface area contributed by atoms with Crippen LogP contribution in [0.1, 0.15) is 11.5 Å². The minimum atomic E-state index is -0.0705. The van der Waals surface area contributed by atoms with E-state index in [0.29, 0.717) is 12.4 Å². The Morgan fingerprint density at radius 2 is 2.07 bits per heavy atom. The molecule has 0 saturated carbocycles. The van der Waals surface area contributed by atoms with Crippen LogP contribution >= 0.6 is 0 Å². The molecule has 0 fully saturated rings. The zero-order valence-corrected chi connectivity index (χ0v) is 15.8. The van der Waals surface area contributed by atoms with Crippen molar-refractivity contribution in [2.24, 2.45) is 0 Å². The Morgan fingerprint density at radius 1 is 1.25 bits per heavy atom. The molecule has 0 aliphatic carbocycles. The number of hydrogen-bond donors (Lipinski definition) is 2. The number of ether oxygens (including phenoxy) is 1. The monoisotopic (exact) mass is 375 g/mol. The number of benzene rings is 1. The summed E-state index contributed by atoms with van der Waals surface area (Å²) in [6.45, 7) is 2.58. The average molecular weight is 375 g/mol. The van der Waals surface area contributed by atoms with E-state index in [-0.39, 0.29) is 12.5 Å². The average Bonchev–Trinajstić information content (AvgIpc) is 3.37. The summed E-state index contributed by atoms with van der Waals surface area (Å²) in [5.74, 6) is 1.33. The maximum absolute atomic E-state index is 12.0. The van der Waals surface area contributed by atoms with E-state index in [1.807, 2.05) is 60.3 Å². The minimum absolute atomic E-state index is 0.0705. The molecule has 2 N–H and O–H groups in total. The lowest BCUT2D eigenvalue weighted by atomic mass is 10.1. The van der Waals surface area contributed by atoms with E-state index in [2.05, 4.69) is 20.3 Å². The number of imidazole rings is 1. The fourth-order valence-corrected chi connectivity index (χ4v) is 3.10. The fraction of sp³-hybridized carbons (Fsp3) is 0.190. The predicted molar refractivity (Wildman–Crippen MR) is 107 cm³/mol. The highest BCUT2D eigenvalue weighted by Crippen LogP contribution is 2.32. The molecule has 3 aromatic heterocycles. The van der Waals surface area contributed by atoms with Gasteiger partial charge in [0.15, 0.2) is 0 Å². The number of aromatic amines is 1. The van der Waals surface area contributed by atoms with Crippen LogP contribution in [-0.2, 0) is 17.9 Å². The second kappa shape index (κ2) is 7.56. The van der Waals surface area contributed by atoms with Crippen molar-refractivity contribution in [2.45, 2.75) is 20.0 Å². The first-order valence-electron chi connectivity index (χ1n) is 8.99. The standard InChI is InChI=1S/C21H21N5O2/c1-14-5-6-15-9-16(19(28-2)10-17(15)24-14)18-11-22-20(25-18)12-23-21(27)13-26-7-3-4-8-26/h3-11H,12-13H2,1-2H3,(H,22,25)(H,23,27). The van der Waals surface area contributed by atoms with Gasteiger partial charge in [-0.05, 0) is 31.2 Å². The molecule has 1 aromatic carbocycles. The minimum Gasteiger partial charge on any atom is -0.496 e. The van der Waals surface area contributed by atoms with Crippen LogP contribution < -0.4 is 10.1 Å².